The number of likely N-dealkylation sites (N-methyl/N-ethyl adjacent to an activating group) is 1. The Balaban J connectivity index is 1.98. The van der Waals surface area contributed by atoms with E-state index >= 15 is 0 Å². The minimum Gasteiger partial charge on any atom is -0.444 e. The van der Waals surface area contributed by atoms with Crippen molar-refractivity contribution in [1.82, 2.24) is 9.80 Å². The third-order valence-electron chi connectivity index (χ3n) is 3.68. The van der Waals surface area contributed by atoms with Crippen molar-refractivity contribution < 1.29 is 14.3 Å². The number of carbonyl (C=O) groups is 2. The van der Waals surface area contributed by atoms with Gasteiger partial charge < -0.3 is 14.5 Å². The lowest BCUT2D eigenvalue weighted by molar-refractivity contribution is 0.0131. The van der Waals surface area contributed by atoms with E-state index < -0.39 is 5.60 Å². The van der Waals surface area contributed by atoms with Gasteiger partial charge in [0.25, 0.3) is 5.91 Å². The number of nitrogens with zero attached hydrogens (tertiary/aromatic N) is 2. The van der Waals surface area contributed by atoms with E-state index in [-0.39, 0.29) is 18.0 Å². The van der Waals surface area contributed by atoms with Crippen molar-refractivity contribution in [2.45, 2.75) is 45.3 Å². The van der Waals surface area contributed by atoms with Crippen molar-refractivity contribution in [1.29, 1.82) is 0 Å². The maximum atomic E-state index is 12.4. The third-order valence-corrected chi connectivity index (χ3v) is 4.36. The van der Waals surface area contributed by atoms with E-state index in [9.17, 15) is 9.59 Å². The van der Waals surface area contributed by atoms with Crippen LogP contribution in [0.2, 0.25) is 0 Å². The molecule has 0 N–H and O–H groups in total. The number of carbonyl (C=O) groups excluding carboxylic acids is 2. The molecule has 1 aromatic heterocycles. The van der Waals surface area contributed by atoms with Crippen LogP contribution in [-0.4, -0.2) is 53.6 Å². The maximum absolute atomic E-state index is 12.4. The van der Waals surface area contributed by atoms with E-state index in [1.165, 1.54) is 11.3 Å². The largest absolute Gasteiger partial charge is 0.444 e. The smallest absolute Gasteiger partial charge is 0.410 e. The molecule has 0 aromatic carbocycles. The lowest BCUT2D eigenvalue weighted by atomic mass is 10.0. The predicted molar refractivity (Wildman–Crippen MR) is 87.2 cm³/mol. The van der Waals surface area contributed by atoms with Crippen molar-refractivity contribution in [3.05, 3.63) is 22.4 Å². The van der Waals surface area contributed by atoms with Gasteiger partial charge in [0.15, 0.2) is 0 Å². The Labute approximate surface area is 135 Å². The average Bonchev–Trinajstić information content (AvgIpc) is 2.98. The molecule has 1 aromatic rings. The minimum atomic E-state index is -0.508. The Bertz CT molecular complexity index is 522. The maximum Gasteiger partial charge on any atom is 0.410 e. The fourth-order valence-corrected chi connectivity index (χ4v) is 3.14. The van der Waals surface area contributed by atoms with Crippen molar-refractivity contribution in [3.8, 4) is 0 Å². The molecule has 2 rings (SSSR count). The predicted octanol–water partition coefficient (Wildman–Crippen LogP) is 3.22. The van der Waals surface area contributed by atoms with Crippen LogP contribution in [0.5, 0.6) is 0 Å². The molecule has 0 bridgehead atoms. The number of hydrogen-bond acceptors (Lipinski definition) is 4. The number of ether oxygens (including phenoxy) is 1. The molecule has 1 fully saturated rings. The van der Waals surface area contributed by atoms with Gasteiger partial charge in [-0.3, -0.25) is 4.79 Å². The molecule has 1 aliphatic heterocycles. The van der Waals surface area contributed by atoms with Gasteiger partial charge in [-0.1, -0.05) is 0 Å². The van der Waals surface area contributed by atoms with E-state index in [4.69, 9.17) is 4.74 Å². The number of amides is 2. The molecule has 5 nitrogen and oxygen atoms in total. The molecule has 2 amide bonds. The molecule has 6 heteroatoms. The second-order valence-electron chi connectivity index (χ2n) is 6.65. The van der Waals surface area contributed by atoms with Crippen LogP contribution < -0.4 is 0 Å². The first-order valence-corrected chi connectivity index (χ1v) is 8.49. The van der Waals surface area contributed by atoms with E-state index in [1.807, 2.05) is 42.5 Å². The molecule has 0 spiro atoms. The molecule has 1 saturated heterocycles. The summed E-state index contributed by atoms with van der Waals surface area (Å²) in [6.07, 6.45) is 1.46. The van der Waals surface area contributed by atoms with Gasteiger partial charge in [-0.2, -0.15) is 11.3 Å². The normalized spacial score (nSPS) is 18.9. The Morgan fingerprint density at radius 3 is 2.73 bits per heavy atom. The summed E-state index contributed by atoms with van der Waals surface area (Å²) in [5.74, 6) is 0.0449. The summed E-state index contributed by atoms with van der Waals surface area (Å²) in [4.78, 5) is 28.0. The second kappa shape index (κ2) is 6.69. The fourth-order valence-electron chi connectivity index (χ4n) is 2.51. The van der Waals surface area contributed by atoms with Crippen LogP contribution in [0.3, 0.4) is 0 Å². The molecule has 2 heterocycles. The first-order valence-electron chi connectivity index (χ1n) is 7.55. The zero-order valence-electron chi connectivity index (χ0n) is 13.7. The first kappa shape index (κ1) is 16.8. The van der Waals surface area contributed by atoms with E-state index in [0.717, 1.165) is 24.9 Å². The molecule has 122 valence electrons. The van der Waals surface area contributed by atoms with E-state index in [2.05, 4.69) is 0 Å². The number of rotatable bonds is 2. The lowest BCUT2D eigenvalue weighted by Crippen LogP contribution is -2.51. The highest BCUT2D eigenvalue weighted by Gasteiger charge is 2.31. The number of hydrogen-bond donors (Lipinski definition) is 0. The minimum absolute atomic E-state index is 0.00573. The molecular formula is C16H24N2O3S. The van der Waals surface area contributed by atoms with Crippen LogP contribution in [0.4, 0.5) is 4.79 Å². The SMILES string of the molecule is CN(C(=O)OC(C)(C)C)C1CCCN(C(=O)c2ccsc2)C1. The first-order chi connectivity index (χ1) is 10.3. The summed E-state index contributed by atoms with van der Waals surface area (Å²) in [6, 6.07) is 1.85. The van der Waals surface area contributed by atoms with Crippen molar-refractivity contribution in [2.75, 3.05) is 20.1 Å². The second-order valence-corrected chi connectivity index (χ2v) is 7.43. The number of piperidine rings is 1. The molecule has 1 atom stereocenters. The van der Waals surface area contributed by atoms with Gasteiger partial charge in [0.05, 0.1) is 11.6 Å². The standard InChI is InChI=1S/C16H24N2O3S/c1-16(2,3)21-15(20)17(4)13-6-5-8-18(10-13)14(19)12-7-9-22-11-12/h7,9,11,13H,5-6,8,10H2,1-4H3. The van der Waals surface area contributed by atoms with Crippen molar-refractivity contribution in [2.24, 2.45) is 0 Å². The molecule has 22 heavy (non-hydrogen) atoms. The Hall–Kier alpha value is -1.56. The topological polar surface area (TPSA) is 49.9 Å². The van der Waals surface area contributed by atoms with Crippen LogP contribution in [0.15, 0.2) is 16.8 Å². The van der Waals surface area contributed by atoms with Gasteiger partial charge in [0.2, 0.25) is 0 Å². The monoisotopic (exact) mass is 324 g/mol. The highest BCUT2D eigenvalue weighted by Crippen LogP contribution is 2.20. The molecule has 1 unspecified atom stereocenters. The third kappa shape index (κ3) is 4.22. The number of thiophene rings is 1. The van der Waals surface area contributed by atoms with Gasteiger partial charge in [-0.05, 0) is 45.1 Å². The highest BCUT2D eigenvalue weighted by atomic mass is 32.1. The summed E-state index contributed by atoms with van der Waals surface area (Å²) in [5, 5.41) is 3.77. The fraction of sp³-hybridized carbons (Fsp3) is 0.625. The van der Waals surface area contributed by atoms with Gasteiger partial charge in [0.1, 0.15) is 5.60 Å². The van der Waals surface area contributed by atoms with Crippen LogP contribution in [-0.2, 0) is 4.74 Å². The zero-order valence-corrected chi connectivity index (χ0v) is 14.5. The van der Waals surface area contributed by atoms with Gasteiger partial charge in [-0.15, -0.1) is 0 Å². The van der Waals surface area contributed by atoms with Crippen LogP contribution >= 0.6 is 11.3 Å². The molecular weight excluding hydrogens is 300 g/mol. The van der Waals surface area contributed by atoms with E-state index in [0.29, 0.717) is 6.54 Å². The van der Waals surface area contributed by atoms with Crippen LogP contribution in [0.1, 0.15) is 44.0 Å². The lowest BCUT2D eigenvalue weighted by Gasteiger charge is -2.38. The summed E-state index contributed by atoms with van der Waals surface area (Å²) in [7, 11) is 1.75. The Morgan fingerprint density at radius 2 is 2.14 bits per heavy atom. The Morgan fingerprint density at radius 1 is 1.41 bits per heavy atom. The van der Waals surface area contributed by atoms with Gasteiger partial charge >= 0.3 is 6.09 Å². The summed E-state index contributed by atoms with van der Waals surface area (Å²) < 4.78 is 5.41. The van der Waals surface area contributed by atoms with Crippen LogP contribution in [0, 0.1) is 0 Å². The summed E-state index contributed by atoms with van der Waals surface area (Å²) in [5.41, 5.74) is 0.220. The van der Waals surface area contributed by atoms with Gasteiger partial charge in [-0.25, -0.2) is 4.79 Å². The molecule has 1 aliphatic rings. The summed E-state index contributed by atoms with van der Waals surface area (Å²) >= 11 is 1.52. The highest BCUT2D eigenvalue weighted by molar-refractivity contribution is 7.08. The molecule has 0 radical (unpaired) electrons. The van der Waals surface area contributed by atoms with Gasteiger partial charge in [0, 0.05) is 25.5 Å². The molecule has 0 saturated carbocycles. The average molecular weight is 324 g/mol. The van der Waals surface area contributed by atoms with Crippen molar-refractivity contribution in [3.63, 3.8) is 0 Å². The van der Waals surface area contributed by atoms with Crippen LogP contribution in [0.25, 0.3) is 0 Å². The number of likely N-dealkylation sites (tertiary alicyclic amines) is 1. The summed E-state index contributed by atoms with van der Waals surface area (Å²) in [6.45, 7) is 6.86. The molecule has 0 aliphatic carbocycles. The quantitative estimate of drug-likeness (QED) is 0.839. The zero-order chi connectivity index (χ0) is 16.3. The van der Waals surface area contributed by atoms with E-state index in [1.54, 1.807) is 11.9 Å². The Kier molecular flexibility index (Phi) is 5.11. The van der Waals surface area contributed by atoms with Crippen molar-refractivity contribution >= 4 is 23.3 Å².